The minimum Gasteiger partial charge on any atom is -0.393 e. The van der Waals surface area contributed by atoms with Gasteiger partial charge in [0.05, 0.1) is 6.10 Å². The SMILES string of the molecule is C=C/C(=C\C=C/C)C1CCC(O)CC1.CC. The fraction of sp³-hybridized carbons (Fsp3) is 0.600. The van der Waals surface area contributed by atoms with E-state index in [1.54, 1.807) is 0 Å². The van der Waals surface area contributed by atoms with Crippen LogP contribution in [-0.2, 0) is 0 Å². The van der Waals surface area contributed by atoms with Gasteiger partial charge in [-0.25, -0.2) is 0 Å². The van der Waals surface area contributed by atoms with Crippen LogP contribution in [0.15, 0.2) is 36.5 Å². The molecule has 0 saturated heterocycles. The van der Waals surface area contributed by atoms with Crippen molar-refractivity contribution in [2.75, 3.05) is 0 Å². The van der Waals surface area contributed by atoms with Crippen LogP contribution in [0.25, 0.3) is 0 Å². The Balaban J connectivity index is 0.00000106. The summed E-state index contributed by atoms with van der Waals surface area (Å²) in [5.74, 6) is 0.604. The maximum Gasteiger partial charge on any atom is 0.0540 e. The molecule has 1 heteroatoms. The average Bonchev–Trinajstić information content (AvgIpc) is 2.35. The summed E-state index contributed by atoms with van der Waals surface area (Å²) < 4.78 is 0. The minimum absolute atomic E-state index is 0.0703. The lowest BCUT2D eigenvalue weighted by Gasteiger charge is -2.26. The number of aliphatic hydroxyl groups is 1. The van der Waals surface area contributed by atoms with E-state index in [1.165, 1.54) is 5.57 Å². The fourth-order valence-electron chi connectivity index (χ4n) is 1.99. The van der Waals surface area contributed by atoms with Crippen LogP contribution in [0.1, 0.15) is 46.5 Å². The molecule has 1 saturated carbocycles. The highest BCUT2D eigenvalue weighted by molar-refractivity contribution is 5.25. The van der Waals surface area contributed by atoms with Gasteiger partial charge in [-0.1, -0.05) is 44.7 Å². The van der Waals surface area contributed by atoms with Crippen LogP contribution in [-0.4, -0.2) is 11.2 Å². The number of allylic oxidation sites excluding steroid dienone is 5. The van der Waals surface area contributed by atoms with Crippen molar-refractivity contribution in [1.82, 2.24) is 0 Å². The zero-order valence-electron chi connectivity index (χ0n) is 10.9. The second kappa shape index (κ2) is 9.41. The normalized spacial score (nSPS) is 26.1. The Morgan fingerprint density at radius 1 is 1.19 bits per heavy atom. The highest BCUT2D eigenvalue weighted by Crippen LogP contribution is 2.30. The van der Waals surface area contributed by atoms with E-state index in [2.05, 4.69) is 18.7 Å². The van der Waals surface area contributed by atoms with Crippen LogP contribution < -0.4 is 0 Å². The maximum atomic E-state index is 9.40. The van der Waals surface area contributed by atoms with Crippen LogP contribution in [0.2, 0.25) is 0 Å². The van der Waals surface area contributed by atoms with Gasteiger partial charge in [-0.15, -0.1) is 0 Å². The van der Waals surface area contributed by atoms with E-state index in [-0.39, 0.29) is 6.10 Å². The van der Waals surface area contributed by atoms with Crippen molar-refractivity contribution in [2.24, 2.45) is 5.92 Å². The predicted octanol–water partition coefficient (Wildman–Crippen LogP) is 4.25. The van der Waals surface area contributed by atoms with Crippen molar-refractivity contribution < 1.29 is 5.11 Å². The molecule has 0 radical (unpaired) electrons. The van der Waals surface area contributed by atoms with E-state index < -0.39 is 0 Å². The first-order chi connectivity index (χ1) is 7.77. The Bertz CT molecular complexity index is 230. The number of hydrogen-bond acceptors (Lipinski definition) is 1. The molecule has 0 spiro atoms. The van der Waals surface area contributed by atoms with E-state index in [4.69, 9.17) is 0 Å². The first-order valence-corrected chi connectivity index (χ1v) is 6.41. The van der Waals surface area contributed by atoms with Crippen molar-refractivity contribution in [3.8, 4) is 0 Å². The molecule has 0 heterocycles. The Morgan fingerprint density at radius 2 is 1.75 bits per heavy atom. The van der Waals surface area contributed by atoms with Gasteiger partial charge in [-0.3, -0.25) is 0 Å². The monoisotopic (exact) mass is 222 g/mol. The van der Waals surface area contributed by atoms with Crippen LogP contribution in [0.4, 0.5) is 0 Å². The maximum absolute atomic E-state index is 9.40. The van der Waals surface area contributed by atoms with Gasteiger partial charge in [0.1, 0.15) is 0 Å². The Hall–Kier alpha value is -0.820. The third-order valence-corrected chi connectivity index (χ3v) is 2.88. The third-order valence-electron chi connectivity index (χ3n) is 2.88. The molecule has 0 aromatic carbocycles. The van der Waals surface area contributed by atoms with Crippen molar-refractivity contribution in [2.45, 2.75) is 52.6 Å². The first kappa shape index (κ1) is 15.2. The van der Waals surface area contributed by atoms with E-state index in [0.717, 1.165) is 25.7 Å². The van der Waals surface area contributed by atoms with Gasteiger partial charge in [-0.2, -0.15) is 0 Å². The number of rotatable bonds is 3. The molecule has 0 amide bonds. The highest BCUT2D eigenvalue weighted by Gasteiger charge is 2.20. The van der Waals surface area contributed by atoms with Gasteiger partial charge in [0.2, 0.25) is 0 Å². The molecule has 16 heavy (non-hydrogen) atoms. The summed E-state index contributed by atoms with van der Waals surface area (Å²) in [5, 5.41) is 9.40. The molecule has 0 atom stereocenters. The molecular weight excluding hydrogens is 196 g/mol. The third kappa shape index (κ3) is 5.32. The van der Waals surface area contributed by atoms with Gasteiger partial charge in [-0.05, 0) is 44.1 Å². The van der Waals surface area contributed by atoms with Crippen molar-refractivity contribution >= 4 is 0 Å². The van der Waals surface area contributed by atoms with Gasteiger partial charge in [0.25, 0.3) is 0 Å². The molecule has 0 bridgehead atoms. The lowest BCUT2D eigenvalue weighted by Crippen LogP contribution is -2.18. The summed E-state index contributed by atoms with van der Waals surface area (Å²) in [5.41, 5.74) is 1.31. The van der Waals surface area contributed by atoms with Gasteiger partial charge in [0.15, 0.2) is 0 Å². The number of hydrogen-bond donors (Lipinski definition) is 1. The van der Waals surface area contributed by atoms with Gasteiger partial charge < -0.3 is 5.11 Å². The second-order valence-corrected chi connectivity index (χ2v) is 3.90. The predicted molar refractivity (Wildman–Crippen MR) is 72.4 cm³/mol. The van der Waals surface area contributed by atoms with Crippen molar-refractivity contribution in [1.29, 1.82) is 0 Å². The molecule has 0 unspecified atom stereocenters. The highest BCUT2D eigenvalue weighted by atomic mass is 16.3. The summed E-state index contributed by atoms with van der Waals surface area (Å²) >= 11 is 0. The topological polar surface area (TPSA) is 20.2 Å². The minimum atomic E-state index is -0.0703. The van der Waals surface area contributed by atoms with E-state index in [9.17, 15) is 5.11 Å². The lowest BCUT2D eigenvalue weighted by atomic mass is 9.82. The first-order valence-electron chi connectivity index (χ1n) is 6.41. The summed E-state index contributed by atoms with van der Waals surface area (Å²) in [4.78, 5) is 0. The molecule has 0 aromatic rings. The van der Waals surface area contributed by atoms with Crippen LogP contribution in [0, 0.1) is 5.92 Å². The summed E-state index contributed by atoms with van der Waals surface area (Å²) in [6.45, 7) is 9.86. The average molecular weight is 222 g/mol. The molecular formula is C15H26O. The Kier molecular flexibility index (Phi) is 8.93. The molecule has 1 aliphatic rings. The Morgan fingerprint density at radius 3 is 2.19 bits per heavy atom. The lowest BCUT2D eigenvalue weighted by molar-refractivity contribution is 0.116. The molecule has 0 aliphatic heterocycles. The number of aliphatic hydroxyl groups excluding tert-OH is 1. The molecule has 1 fully saturated rings. The standard InChI is InChI=1S/C13H20O.C2H6/c1-3-5-6-11(4-2)12-7-9-13(14)10-8-12;1-2/h3-6,12-14H,2,7-10H2,1H3;1-2H3/b5-3-,11-6+;. The zero-order chi connectivity index (χ0) is 12.4. The fourth-order valence-corrected chi connectivity index (χ4v) is 1.99. The van der Waals surface area contributed by atoms with E-state index in [0.29, 0.717) is 5.92 Å². The summed E-state index contributed by atoms with van der Waals surface area (Å²) in [6.07, 6.45) is 12.2. The van der Waals surface area contributed by atoms with Crippen LogP contribution in [0.5, 0.6) is 0 Å². The zero-order valence-corrected chi connectivity index (χ0v) is 10.9. The molecule has 1 N–H and O–H groups in total. The second-order valence-electron chi connectivity index (χ2n) is 3.90. The quantitative estimate of drug-likeness (QED) is 0.708. The molecule has 92 valence electrons. The van der Waals surface area contributed by atoms with Crippen molar-refractivity contribution in [3.63, 3.8) is 0 Å². The van der Waals surface area contributed by atoms with Crippen LogP contribution >= 0.6 is 0 Å². The Labute approximate surface area is 101 Å². The van der Waals surface area contributed by atoms with Crippen molar-refractivity contribution in [3.05, 3.63) is 36.5 Å². The summed E-state index contributed by atoms with van der Waals surface area (Å²) in [7, 11) is 0. The smallest absolute Gasteiger partial charge is 0.0540 e. The van der Waals surface area contributed by atoms with E-state index >= 15 is 0 Å². The largest absolute Gasteiger partial charge is 0.393 e. The summed E-state index contributed by atoms with van der Waals surface area (Å²) in [6, 6.07) is 0. The molecule has 1 nitrogen and oxygen atoms in total. The molecule has 1 rings (SSSR count). The van der Waals surface area contributed by atoms with Gasteiger partial charge in [0, 0.05) is 0 Å². The van der Waals surface area contributed by atoms with Crippen LogP contribution in [0.3, 0.4) is 0 Å². The molecule has 1 aliphatic carbocycles. The van der Waals surface area contributed by atoms with Gasteiger partial charge >= 0.3 is 0 Å². The van der Waals surface area contributed by atoms with E-state index in [1.807, 2.05) is 32.9 Å². The molecule has 0 aromatic heterocycles.